The molecule has 0 aliphatic carbocycles. The molecule has 3 amide bonds. The number of imide groups is 1. The lowest BCUT2D eigenvalue weighted by atomic mass is 10.1. The van der Waals surface area contributed by atoms with Gasteiger partial charge in [-0.05, 0) is 18.2 Å². The third-order valence-corrected chi connectivity index (χ3v) is 4.87. The minimum absolute atomic E-state index is 0.180. The summed E-state index contributed by atoms with van der Waals surface area (Å²) in [5, 5.41) is 11.8. The number of hydrogen-bond donors (Lipinski definition) is 2. The summed E-state index contributed by atoms with van der Waals surface area (Å²) in [5.41, 5.74) is 1.34. The predicted octanol–water partition coefficient (Wildman–Crippen LogP) is 1.38. The summed E-state index contributed by atoms with van der Waals surface area (Å²) in [6.45, 7) is 1.87. The lowest BCUT2D eigenvalue weighted by molar-refractivity contribution is -0.120. The Kier molecular flexibility index (Phi) is 4.42. The van der Waals surface area contributed by atoms with Crippen LogP contribution in [-0.2, 0) is 4.79 Å². The molecule has 2 aliphatic heterocycles. The van der Waals surface area contributed by atoms with Crippen molar-refractivity contribution in [2.75, 3.05) is 40.9 Å². The molecular weight excluding hydrogens is 318 g/mol. The molecule has 1 aromatic rings. The molecule has 2 N–H and O–H groups in total. The van der Waals surface area contributed by atoms with E-state index >= 15 is 0 Å². The minimum Gasteiger partial charge on any atom is -0.478 e. The molecule has 0 saturated carbocycles. The average molecular weight is 335 g/mol. The van der Waals surface area contributed by atoms with Crippen LogP contribution in [0.5, 0.6) is 0 Å². The Labute approximate surface area is 137 Å². The first-order chi connectivity index (χ1) is 11.1. The average Bonchev–Trinajstić information content (AvgIpc) is 2.55. The molecule has 3 rings (SSSR count). The fraction of sp³-hybridized carbons (Fsp3) is 0.400. The predicted molar refractivity (Wildman–Crippen MR) is 88.4 cm³/mol. The largest absolute Gasteiger partial charge is 0.478 e. The van der Waals surface area contributed by atoms with Crippen LogP contribution in [0.1, 0.15) is 16.8 Å². The highest BCUT2D eigenvalue weighted by molar-refractivity contribution is 7.99. The first-order valence-corrected chi connectivity index (χ1v) is 8.53. The first kappa shape index (κ1) is 15.7. The Morgan fingerprint density at radius 2 is 1.91 bits per heavy atom. The normalized spacial score (nSPS) is 18.8. The summed E-state index contributed by atoms with van der Waals surface area (Å²) in [5.74, 6) is 0.607. The van der Waals surface area contributed by atoms with E-state index in [1.54, 1.807) is 12.1 Å². The summed E-state index contributed by atoms with van der Waals surface area (Å²) in [6.07, 6.45) is 0.208. The molecule has 0 unspecified atom stereocenters. The lowest BCUT2D eigenvalue weighted by Crippen LogP contribution is -2.49. The van der Waals surface area contributed by atoms with Gasteiger partial charge in [0, 0.05) is 43.2 Å². The van der Waals surface area contributed by atoms with Crippen molar-refractivity contribution in [1.29, 1.82) is 0 Å². The van der Waals surface area contributed by atoms with Crippen LogP contribution in [0.2, 0.25) is 0 Å². The summed E-state index contributed by atoms with van der Waals surface area (Å²) in [4.78, 5) is 38.2. The van der Waals surface area contributed by atoms with Gasteiger partial charge in [0.05, 0.1) is 11.3 Å². The maximum absolute atomic E-state index is 11.9. The maximum Gasteiger partial charge on any atom is 0.337 e. The number of nitrogens with one attached hydrogen (secondary N) is 1. The Hall–Kier alpha value is -2.22. The zero-order chi connectivity index (χ0) is 16.4. The van der Waals surface area contributed by atoms with Crippen LogP contribution in [0.4, 0.5) is 16.2 Å². The summed E-state index contributed by atoms with van der Waals surface area (Å²) >= 11 is 1.85. The third-order valence-electron chi connectivity index (χ3n) is 3.93. The van der Waals surface area contributed by atoms with Gasteiger partial charge in [-0.25, -0.2) is 9.59 Å². The second-order valence-electron chi connectivity index (χ2n) is 5.36. The number of nitrogens with zero attached hydrogens (tertiary/aromatic N) is 2. The van der Waals surface area contributed by atoms with Crippen molar-refractivity contribution in [3.63, 3.8) is 0 Å². The molecule has 0 radical (unpaired) electrons. The van der Waals surface area contributed by atoms with Gasteiger partial charge in [-0.15, -0.1) is 0 Å². The summed E-state index contributed by atoms with van der Waals surface area (Å²) < 4.78 is 0. The zero-order valence-corrected chi connectivity index (χ0v) is 13.3. The lowest BCUT2D eigenvalue weighted by Gasteiger charge is -2.31. The van der Waals surface area contributed by atoms with Crippen molar-refractivity contribution in [3.05, 3.63) is 23.8 Å². The number of carbonyl (C=O) groups is 3. The van der Waals surface area contributed by atoms with E-state index in [9.17, 15) is 19.5 Å². The first-order valence-electron chi connectivity index (χ1n) is 7.37. The topological polar surface area (TPSA) is 90.0 Å². The van der Waals surface area contributed by atoms with Crippen molar-refractivity contribution >= 4 is 41.0 Å². The molecule has 2 saturated heterocycles. The second-order valence-corrected chi connectivity index (χ2v) is 6.59. The van der Waals surface area contributed by atoms with E-state index in [4.69, 9.17) is 0 Å². The van der Waals surface area contributed by atoms with Crippen LogP contribution in [0.25, 0.3) is 0 Å². The Bertz CT molecular complexity index is 658. The van der Waals surface area contributed by atoms with Crippen molar-refractivity contribution in [3.8, 4) is 0 Å². The molecule has 1 aromatic carbocycles. The van der Waals surface area contributed by atoms with Crippen LogP contribution in [0, 0.1) is 0 Å². The number of urea groups is 1. The van der Waals surface area contributed by atoms with E-state index in [-0.39, 0.29) is 24.4 Å². The fourth-order valence-corrected chi connectivity index (χ4v) is 3.66. The van der Waals surface area contributed by atoms with E-state index in [0.29, 0.717) is 11.4 Å². The molecule has 122 valence electrons. The van der Waals surface area contributed by atoms with Gasteiger partial charge in [-0.2, -0.15) is 11.8 Å². The monoisotopic (exact) mass is 335 g/mol. The molecule has 0 spiro atoms. The van der Waals surface area contributed by atoms with Gasteiger partial charge in [0.2, 0.25) is 5.91 Å². The molecule has 8 heteroatoms. The highest BCUT2D eigenvalue weighted by Crippen LogP contribution is 2.29. The molecular formula is C15H17N3O4S. The molecule has 2 fully saturated rings. The number of aromatic carboxylic acids is 1. The van der Waals surface area contributed by atoms with E-state index in [1.165, 1.54) is 11.0 Å². The number of benzene rings is 1. The van der Waals surface area contributed by atoms with Crippen LogP contribution in [0.3, 0.4) is 0 Å². The van der Waals surface area contributed by atoms with E-state index in [1.807, 2.05) is 11.8 Å². The standard InChI is InChI=1S/C15H17N3O4S/c19-13-3-4-18(15(22)16-13)10-1-2-12(11(9-10)14(20)21)17-5-7-23-8-6-17/h1-2,9H,3-8H2,(H,20,21)(H,16,19,22). The van der Waals surface area contributed by atoms with Crippen LogP contribution in [-0.4, -0.2) is 54.2 Å². The third kappa shape index (κ3) is 3.26. The molecule has 2 aliphatic rings. The Morgan fingerprint density at radius 1 is 1.17 bits per heavy atom. The van der Waals surface area contributed by atoms with Crippen LogP contribution in [0.15, 0.2) is 18.2 Å². The zero-order valence-electron chi connectivity index (χ0n) is 12.4. The minimum atomic E-state index is -1.02. The molecule has 0 aromatic heterocycles. The summed E-state index contributed by atoms with van der Waals surface area (Å²) in [7, 11) is 0. The molecule has 2 heterocycles. The van der Waals surface area contributed by atoms with Gasteiger partial charge in [0.25, 0.3) is 0 Å². The number of carbonyl (C=O) groups excluding carboxylic acids is 2. The number of amides is 3. The Morgan fingerprint density at radius 3 is 2.57 bits per heavy atom. The number of thioether (sulfide) groups is 1. The quantitative estimate of drug-likeness (QED) is 0.867. The van der Waals surface area contributed by atoms with Gasteiger partial charge < -0.3 is 10.0 Å². The second kappa shape index (κ2) is 6.49. The highest BCUT2D eigenvalue weighted by atomic mass is 32.2. The smallest absolute Gasteiger partial charge is 0.337 e. The molecule has 0 atom stereocenters. The highest BCUT2D eigenvalue weighted by Gasteiger charge is 2.26. The SMILES string of the molecule is O=C1CCN(c2ccc(N3CCSCC3)c(C(=O)O)c2)C(=O)N1. The van der Waals surface area contributed by atoms with E-state index in [0.717, 1.165) is 24.6 Å². The van der Waals surface area contributed by atoms with Gasteiger partial charge in [0.1, 0.15) is 0 Å². The number of rotatable bonds is 3. The van der Waals surface area contributed by atoms with Crippen molar-refractivity contribution in [1.82, 2.24) is 5.32 Å². The van der Waals surface area contributed by atoms with Gasteiger partial charge in [0.15, 0.2) is 0 Å². The number of carboxylic acid groups (broad SMARTS) is 1. The maximum atomic E-state index is 11.9. The van der Waals surface area contributed by atoms with Crippen molar-refractivity contribution in [2.24, 2.45) is 0 Å². The number of hydrogen-bond acceptors (Lipinski definition) is 5. The number of carboxylic acids is 1. The van der Waals surface area contributed by atoms with Crippen molar-refractivity contribution < 1.29 is 19.5 Å². The van der Waals surface area contributed by atoms with E-state index in [2.05, 4.69) is 10.2 Å². The summed E-state index contributed by atoms with van der Waals surface area (Å²) in [6, 6.07) is 4.48. The molecule has 7 nitrogen and oxygen atoms in total. The van der Waals surface area contributed by atoms with Crippen LogP contribution < -0.4 is 15.1 Å². The molecule has 0 bridgehead atoms. The van der Waals surface area contributed by atoms with Crippen LogP contribution >= 0.6 is 11.8 Å². The van der Waals surface area contributed by atoms with E-state index < -0.39 is 12.0 Å². The van der Waals surface area contributed by atoms with Gasteiger partial charge in [-0.1, -0.05) is 0 Å². The Balaban J connectivity index is 1.91. The van der Waals surface area contributed by atoms with Gasteiger partial charge in [-0.3, -0.25) is 15.0 Å². The number of anilines is 2. The van der Waals surface area contributed by atoms with Gasteiger partial charge >= 0.3 is 12.0 Å². The molecule has 23 heavy (non-hydrogen) atoms. The fourth-order valence-electron chi connectivity index (χ4n) is 2.75. The van der Waals surface area contributed by atoms with Crippen molar-refractivity contribution in [2.45, 2.75) is 6.42 Å².